The van der Waals surface area contributed by atoms with Gasteiger partial charge in [0, 0.05) is 12.8 Å². The van der Waals surface area contributed by atoms with E-state index in [1.165, 1.54) is 0 Å². The standard InChI is InChI=1S/C8H13N/c1-5-8(6-2)7(3)9-4/h5-6H,1H2,2-4H3/b8-6-,9-7?. The fraction of sp³-hybridized carbons (Fsp3) is 0.375. The quantitative estimate of drug-likeness (QED) is 0.394. The Morgan fingerprint density at radius 1 is 1.56 bits per heavy atom. The van der Waals surface area contributed by atoms with Crippen molar-refractivity contribution in [3.8, 4) is 0 Å². The second kappa shape index (κ2) is 4.07. The van der Waals surface area contributed by atoms with E-state index in [1.807, 2.05) is 26.0 Å². The number of hydrogen-bond donors (Lipinski definition) is 0. The third-order valence-corrected chi connectivity index (χ3v) is 1.28. The molecule has 0 amide bonds. The minimum Gasteiger partial charge on any atom is -0.293 e. The molecule has 0 aliphatic rings. The first-order chi connectivity index (χ1) is 4.26. The van der Waals surface area contributed by atoms with Crippen LogP contribution in [0, 0.1) is 0 Å². The summed E-state index contributed by atoms with van der Waals surface area (Å²) >= 11 is 0. The summed E-state index contributed by atoms with van der Waals surface area (Å²) < 4.78 is 0. The molecule has 0 aromatic rings. The normalized spacial score (nSPS) is 13.7. The summed E-state index contributed by atoms with van der Waals surface area (Å²) in [6, 6.07) is 0. The molecule has 0 saturated carbocycles. The molecule has 0 aromatic heterocycles. The highest BCUT2D eigenvalue weighted by atomic mass is 14.7. The van der Waals surface area contributed by atoms with Gasteiger partial charge in [0.25, 0.3) is 0 Å². The first-order valence-electron chi connectivity index (χ1n) is 2.98. The maximum Gasteiger partial charge on any atom is 0.0382 e. The van der Waals surface area contributed by atoms with Crippen LogP contribution in [0.15, 0.2) is 29.3 Å². The molecule has 0 N–H and O–H groups in total. The first-order valence-corrected chi connectivity index (χ1v) is 2.98. The Balaban J connectivity index is 4.32. The highest BCUT2D eigenvalue weighted by molar-refractivity contribution is 6.00. The summed E-state index contributed by atoms with van der Waals surface area (Å²) in [6.07, 6.45) is 3.80. The first kappa shape index (κ1) is 8.15. The molecular formula is C8H13N. The van der Waals surface area contributed by atoms with Gasteiger partial charge < -0.3 is 0 Å². The number of aliphatic imine (C=N–C) groups is 1. The van der Waals surface area contributed by atoms with Gasteiger partial charge in [0.15, 0.2) is 0 Å². The number of nitrogens with zero attached hydrogens (tertiary/aromatic N) is 1. The van der Waals surface area contributed by atoms with Crippen molar-refractivity contribution in [2.75, 3.05) is 7.05 Å². The average molecular weight is 123 g/mol. The lowest BCUT2D eigenvalue weighted by molar-refractivity contribution is 1.41. The second-order valence-electron chi connectivity index (χ2n) is 1.76. The molecule has 1 nitrogen and oxygen atoms in total. The molecule has 0 radical (unpaired) electrons. The van der Waals surface area contributed by atoms with E-state index in [-0.39, 0.29) is 0 Å². The zero-order valence-electron chi connectivity index (χ0n) is 6.31. The van der Waals surface area contributed by atoms with Gasteiger partial charge in [-0.05, 0) is 19.4 Å². The van der Waals surface area contributed by atoms with Crippen molar-refractivity contribution in [2.45, 2.75) is 13.8 Å². The molecule has 0 heterocycles. The van der Waals surface area contributed by atoms with E-state index in [9.17, 15) is 0 Å². The van der Waals surface area contributed by atoms with Crippen LogP contribution in [0.1, 0.15) is 13.8 Å². The van der Waals surface area contributed by atoms with Gasteiger partial charge in [0.2, 0.25) is 0 Å². The lowest BCUT2D eigenvalue weighted by atomic mass is 10.2. The largest absolute Gasteiger partial charge is 0.293 e. The molecule has 0 fully saturated rings. The van der Waals surface area contributed by atoms with Gasteiger partial charge in [0.05, 0.1) is 0 Å². The predicted octanol–water partition coefficient (Wildman–Crippen LogP) is 2.21. The van der Waals surface area contributed by atoms with E-state index in [0.717, 1.165) is 11.3 Å². The lowest BCUT2D eigenvalue weighted by Gasteiger charge is -1.95. The van der Waals surface area contributed by atoms with Crippen LogP contribution >= 0.6 is 0 Å². The minimum absolute atomic E-state index is 1.03. The van der Waals surface area contributed by atoms with Crippen molar-refractivity contribution in [3.63, 3.8) is 0 Å². The van der Waals surface area contributed by atoms with Gasteiger partial charge in [-0.2, -0.15) is 0 Å². The van der Waals surface area contributed by atoms with Gasteiger partial charge in [-0.25, -0.2) is 0 Å². The van der Waals surface area contributed by atoms with Crippen LogP contribution in [-0.2, 0) is 0 Å². The van der Waals surface area contributed by atoms with Crippen LogP contribution < -0.4 is 0 Å². The van der Waals surface area contributed by atoms with Crippen LogP contribution in [0.3, 0.4) is 0 Å². The Morgan fingerprint density at radius 3 is 2.22 bits per heavy atom. The van der Waals surface area contributed by atoms with Gasteiger partial charge in [-0.1, -0.05) is 18.7 Å². The Hall–Kier alpha value is -0.850. The van der Waals surface area contributed by atoms with Gasteiger partial charge in [-0.15, -0.1) is 0 Å². The van der Waals surface area contributed by atoms with Crippen LogP contribution in [-0.4, -0.2) is 12.8 Å². The van der Waals surface area contributed by atoms with Crippen LogP contribution in [0.4, 0.5) is 0 Å². The summed E-state index contributed by atoms with van der Waals surface area (Å²) in [5, 5.41) is 0. The van der Waals surface area contributed by atoms with E-state index in [0.29, 0.717) is 0 Å². The maximum absolute atomic E-state index is 4.01. The summed E-state index contributed by atoms with van der Waals surface area (Å²) in [6.45, 7) is 7.60. The Bertz CT molecular complexity index is 152. The zero-order valence-corrected chi connectivity index (χ0v) is 6.31. The molecule has 50 valence electrons. The van der Waals surface area contributed by atoms with Gasteiger partial charge in [-0.3, -0.25) is 4.99 Å². The van der Waals surface area contributed by atoms with E-state index in [1.54, 1.807) is 7.05 Å². The molecule has 0 unspecified atom stereocenters. The molecule has 0 bridgehead atoms. The summed E-state index contributed by atoms with van der Waals surface area (Å²) in [5.41, 5.74) is 2.14. The smallest absolute Gasteiger partial charge is 0.0382 e. The average Bonchev–Trinajstić information content (AvgIpc) is 1.90. The fourth-order valence-corrected chi connectivity index (χ4v) is 0.604. The molecule has 0 saturated heterocycles. The fourth-order valence-electron chi connectivity index (χ4n) is 0.604. The molecule has 0 aromatic carbocycles. The minimum atomic E-state index is 1.03. The summed E-state index contributed by atoms with van der Waals surface area (Å²) in [7, 11) is 1.78. The van der Waals surface area contributed by atoms with Crippen LogP contribution in [0.5, 0.6) is 0 Å². The molecule has 1 heteroatoms. The third-order valence-electron chi connectivity index (χ3n) is 1.28. The number of rotatable bonds is 2. The molecule has 0 atom stereocenters. The highest BCUT2D eigenvalue weighted by Gasteiger charge is 1.90. The Morgan fingerprint density at radius 2 is 2.11 bits per heavy atom. The lowest BCUT2D eigenvalue weighted by Crippen LogP contribution is -1.92. The van der Waals surface area contributed by atoms with Crippen molar-refractivity contribution in [3.05, 3.63) is 24.3 Å². The second-order valence-corrected chi connectivity index (χ2v) is 1.76. The predicted molar refractivity (Wildman–Crippen MR) is 43.0 cm³/mol. The van der Waals surface area contributed by atoms with E-state index < -0.39 is 0 Å². The monoisotopic (exact) mass is 123 g/mol. The van der Waals surface area contributed by atoms with Crippen molar-refractivity contribution in [1.82, 2.24) is 0 Å². The van der Waals surface area contributed by atoms with Crippen molar-refractivity contribution < 1.29 is 0 Å². The third kappa shape index (κ3) is 2.27. The van der Waals surface area contributed by atoms with E-state index in [4.69, 9.17) is 0 Å². The molecule has 9 heavy (non-hydrogen) atoms. The molecule has 0 rings (SSSR count). The molecule has 0 spiro atoms. The topological polar surface area (TPSA) is 12.4 Å². The van der Waals surface area contributed by atoms with Crippen LogP contribution in [0.2, 0.25) is 0 Å². The van der Waals surface area contributed by atoms with Gasteiger partial charge in [0.1, 0.15) is 0 Å². The van der Waals surface area contributed by atoms with Crippen LogP contribution in [0.25, 0.3) is 0 Å². The van der Waals surface area contributed by atoms with Crippen molar-refractivity contribution in [2.24, 2.45) is 4.99 Å². The molecule has 0 aliphatic heterocycles. The Kier molecular flexibility index (Phi) is 3.69. The Labute approximate surface area is 56.8 Å². The number of hydrogen-bond acceptors (Lipinski definition) is 1. The van der Waals surface area contributed by atoms with Crippen molar-refractivity contribution in [1.29, 1.82) is 0 Å². The summed E-state index contributed by atoms with van der Waals surface area (Å²) in [4.78, 5) is 4.01. The van der Waals surface area contributed by atoms with Gasteiger partial charge >= 0.3 is 0 Å². The zero-order chi connectivity index (χ0) is 7.28. The van der Waals surface area contributed by atoms with E-state index >= 15 is 0 Å². The summed E-state index contributed by atoms with van der Waals surface area (Å²) in [5.74, 6) is 0. The highest BCUT2D eigenvalue weighted by Crippen LogP contribution is 1.97. The molecular weight excluding hydrogens is 110 g/mol. The van der Waals surface area contributed by atoms with E-state index in [2.05, 4.69) is 11.6 Å². The molecule has 0 aliphatic carbocycles. The number of allylic oxidation sites excluding steroid dienone is 3. The maximum atomic E-state index is 4.01. The SMILES string of the molecule is C=C/C(=C/C)C(C)=NC. The van der Waals surface area contributed by atoms with Crippen molar-refractivity contribution >= 4 is 5.71 Å².